The van der Waals surface area contributed by atoms with Crippen LogP contribution in [0, 0.1) is 0 Å². The molecule has 0 aromatic rings. The predicted molar refractivity (Wildman–Crippen MR) is 31.0 cm³/mol. The molecule has 1 nitrogen and oxygen atoms in total. The van der Waals surface area contributed by atoms with E-state index < -0.39 is 0 Å². The Kier molecular flexibility index (Phi) is 3.39. The summed E-state index contributed by atoms with van der Waals surface area (Å²) in [4.78, 5) is 0. The van der Waals surface area contributed by atoms with Gasteiger partial charge in [0.1, 0.15) is 0 Å². The summed E-state index contributed by atoms with van der Waals surface area (Å²) in [7, 11) is 6.53. The molecule has 0 aliphatic carbocycles. The van der Waals surface area contributed by atoms with E-state index in [9.17, 15) is 0 Å². The molecule has 5 heavy (non-hydrogen) atoms. The maximum Gasteiger partial charge on any atom is -0.00256 e. The van der Waals surface area contributed by atoms with Gasteiger partial charge in [0.15, 0.2) is 0 Å². The van der Waals surface area contributed by atoms with E-state index in [-0.39, 0.29) is 0 Å². The lowest BCUT2D eigenvalue weighted by Crippen LogP contribution is -1.93. The molecule has 0 spiro atoms. The molecular formula is C2H8NPS. The van der Waals surface area contributed by atoms with E-state index in [1.807, 2.05) is 18.4 Å². The lowest BCUT2D eigenvalue weighted by Gasteiger charge is -1.98. The zero-order valence-electron chi connectivity index (χ0n) is 3.43. The predicted octanol–water partition coefficient (Wildman–Crippen LogP) is 0.986. The molecule has 0 heterocycles. The zero-order valence-corrected chi connectivity index (χ0v) is 5.40. The molecule has 32 valence electrons. The van der Waals surface area contributed by atoms with Crippen molar-refractivity contribution in [3.8, 4) is 0 Å². The van der Waals surface area contributed by atoms with Crippen molar-refractivity contribution in [1.29, 1.82) is 0 Å². The monoisotopic (exact) mass is 109 g/mol. The second-order valence-electron chi connectivity index (χ2n) is 0.918. The van der Waals surface area contributed by atoms with Crippen LogP contribution in [0.5, 0.6) is 0 Å². The molecule has 0 radical (unpaired) electrons. The average Bonchev–Trinajstić information content (AvgIpc) is 1.38. The fourth-order valence-electron chi connectivity index (χ4n) is 0. The Bertz CT molecular complexity index is 23.6. The fourth-order valence-corrected chi connectivity index (χ4v) is 0. The number of hydrogen-bond acceptors (Lipinski definition) is 2. The van der Waals surface area contributed by atoms with Crippen molar-refractivity contribution in [2.24, 2.45) is 0 Å². The Balaban J connectivity index is 2.54. The highest BCUT2D eigenvalue weighted by Crippen LogP contribution is 2.10. The summed E-state index contributed by atoms with van der Waals surface area (Å²) in [6.07, 6.45) is 0. The molecule has 0 N–H and O–H groups in total. The average molecular weight is 109 g/mol. The summed E-state index contributed by atoms with van der Waals surface area (Å²) >= 11 is 1.63. The normalized spacial score (nSPS) is 9.60. The Morgan fingerprint density at radius 2 is 1.80 bits per heavy atom. The summed E-state index contributed by atoms with van der Waals surface area (Å²) in [5.74, 6) is 0. The summed E-state index contributed by atoms with van der Waals surface area (Å²) in [5, 5.41) is 0. The van der Waals surface area contributed by atoms with Crippen LogP contribution in [-0.4, -0.2) is 18.4 Å². The molecule has 0 aromatic carbocycles. The first-order valence-corrected chi connectivity index (χ1v) is 3.56. The van der Waals surface area contributed by atoms with Gasteiger partial charge in [-0.3, -0.25) is 4.31 Å². The van der Waals surface area contributed by atoms with Crippen LogP contribution in [0.2, 0.25) is 0 Å². The van der Waals surface area contributed by atoms with Crippen molar-refractivity contribution in [2.75, 3.05) is 14.1 Å². The van der Waals surface area contributed by atoms with Crippen molar-refractivity contribution in [1.82, 2.24) is 4.31 Å². The maximum atomic E-state index is 2.54. The van der Waals surface area contributed by atoms with Gasteiger partial charge in [0.05, 0.1) is 0 Å². The third-order valence-corrected chi connectivity index (χ3v) is 1.90. The molecule has 0 aliphatic heterocycles. The first kappa shape index (κ1) is 5.74. The Morgan fingerprint density at radius 1 is 1.60 bits per heavy atom. The first-order valence-electron chi connectivity index (χ1n) is 1.31. The standard InChI is InChI=1S/C2H8NPS/c1-3(2)5-4/h4H2,1-2H3. The van der Waals surface area contributed by atoms with Crippen LogP contribution in [-0.2, 0) is 0 Å². The van der Waals surface area contributed by atoms with Gasteiger partial charge in [-0.25, -0.2) is 0 Å². The Labute approximate surface area is 39.2 Å². The van der Waals surface area contributed by atoms with Crippen molar-refractivity contribution >= 4 is 20.0 Å². The highest BCUT2D eigenvalue weighted by atomic mass is 32.7. The largest absolute Gasteiger partial charge is 0.254 e. The van der Waals surface area contributed by atoms with Crippen LogP contribution in [0.4, 0.5) is 0 Å². The van der Waals surface area contributed by atoms with Gasteiger partial charge in [-0.1, -0.05) is 20.0 Å². The molecule has 1 unspecified atom stereocenters. The minimum absolute atomic E-state index is 1.63. The molecule has 0 amide bonds. The first-order chi connectivity index (χ1) is 2.27. The molecular weight excluding hydrogens is 101 g/mol. The lowest BCUT2D eigenvalue weighted by atomic mass is 11.3. The van der Waals surface area contributed by atoms with Crippen LogP contribution in [0.3, 0.4) is 0 Å². The molecule has 0 fully saturated rings. The van der Waals surface area contributed by atoms with Crippen LogP contribution >= 0.6 is 20.0 Å². The molecule has 0 rings (SSSR count). The minimum atomic E-state index is 1.63. The third-order valence-electron chi connectivity index (χ3n) is 0.211. The number of nitrogens with zero attached hydrogens (tertiary/aromatic N) is 1. The maximum absolute atomic E-state index is 2.54. The Hall–Kier alpha value is 0.740. The summed E-state index contributed by atoms with van der Waals surface area (Å²) in [5.41, 5.74) is 0. The second kappa shape index (κ2) is 2.95. The van der Waals surface area contributed by atoms with Gasteiger partial charge in [0, 0.05) is 0 Å². The quantitative estimate of drug-likeness (QED) is 0.365. The Morgan fingerprint density at radius 3 is 1.80 bits per heavy atom. The van der Waals surface area contributed by atoms with Gasteiger partial charge in [-0.15, -0.1) is 0 Å². The van der Waals surface area contributed by atoms with E-state index in [1.54, 1.807) is 11.6 Å². The number of hydrogen-bond donors (Lipinski definition) is 0. The summed E-state index contributed by atoms with van der Waals surface area (Å²) in [6, 6.07) is 0. The van der Waals surface area contributed by atoms with Crippen molar-refractivity contribution in [2.45, 2.75) is 0 Å². The van der Waals surface area contributed by atoms with Crippen LogP contribution in [0.1, 0.15) is 0 Å². The van der Waals surface area contributed by atoms with Crippen molar-refractivity contribution < 1.29 is 0 Å². The van der Waals surface area contributed by atoms with Gasteiger partial charge in [0.25, 0.3) is 0 Å². The second-order valence-corrected chi connectivity index (χ2v) is 2.49. The van der Waals surface area contributed by atoms with E-state index in [2.05, 4.69) is 8.44 Å². The smallest absolute Gasteiger partial charge is 0.00256 e. The van der Waals surface area contributed by atoms with Gasteiger partial charge >= 0.3 is 0 Å². The fraction of sp³-hybridized carbons (Fsp3) is 1.00. The highest BCUT2D eigenvalue weighted by Gasteiger charge is 1.73. The van der Waals surface area contributed by atoms with Crippen molar-refractivity contribution in [3.05, 3.63) is 0 Å². The molecule has 1 atom stereocenters. The topological polar surface area (TPSA) is 3.24 Å². The van der Waals surface area contributed by atoms with E-state index in [1.165, 1.54) is 0 Å². The van der Waals surface area contributed by atoms with E-state index in [0.29, 0.717) is 0 Å². The van der Waals surface area contributed by atoms with E-state index in [0.717, 1.165) is 0 Å². The summed E-state index contributed by atoms with van der Waals surface area (Å²) in [6.45, 7) is 0. The van der Waals surface area contributed by atoms with Gasteiger partial charge < -0.3 is 0 Å². The molecule has 0 saturated heterocycles. The van der Waals surface area contributed by atoms with Crippen LogP contribution in [0.15, 0.2) is 0 Å². The molecule has 0 aromatic heterocycles. The minimum Gasteiger partial charge on any atom is -0.254 e. The van der Waals surface area contributed by atoms with E-state index in [4.69, 9.17) is 0 Å². The molecule has 0 bridgehead atoms. The van der Waals surface area contributed by atoms with Gasteiger partial charge in [-0.05, 0) is 14.1 Å². The van der Waals surface area contributed by atoms with E-state index >= 15 is 0 Å². The lowest BCUT2D eigenvalue weighted by molar-refractivity contribution is 0.711. The highest BCUT2D eigenvalue weighted by molar-refractivity contribution is 8.42. The number of rotatable bonds is 1. The zero-order chi connectivity index (χ0) is 4.28. The van der Waals surface area contributed by atoms with Gasteiger partial charge in [0.2, 0.25) is 0 Å². The molecule has 0 saturated carbocycles. The van der Waals surface area contributed by atoms with Crippen molar-refractivity contribution in [3.63, 3.8) is 0 Å². The molecule has 0 aliphatic rings. The third kappa shape index (κ3) is 4.74. The SMILES string of the molecule is CN(C)SP. The van der Waals surface area contributed by atoms with Gasteiger partial charge in [-0.2, -0.15) is 0 Å². The molecule has 3 heteroatoms. The van der Waals surface area contributed by atoms with Crippen LogP contribution < -0.4 is 0 Å². The van der Waals surface area contributed by atoms with Crippen LogP contribution in [0.25, 0.3) is 0 Å². The summed E-state index contributed by atoms with van der Waals surface area (Å²) < 4.78 is 2.00.